The lowest BCUT2D eigenvalue weighted by atomic mass is 10.2. The van der Waals surface area contributed by atoms with Gasteiger partial charge in [-0.25, -0.2) is 0 Å². The van der Waals surface area contributed by atoms with E-state index in [1.165, 1.54) is 0 Å². The maximum Gasteiger partial charge on any atom is 0.252 e. The number of carbonyl (C=O) groups excluding carboxylic acids is 1. The quantitative estimate of drug-likeness (QED) is 0.215. The van der Waals surface area contributed by atoms with Crippen LogP contribution in [0.3, 0.4) is 0 Å². The van der Waals surface area contributed by atoms with Crippen molar-refractivity contribution in [3.63, 3.8) is 0 Å². The highest BCUT2D eigenvalue weighted by molar-refractivity contribution is 14.1. The van der Waals surface area contributed by atoms with Crippen molar-refractivity contribution in [2.24, 2.45) is 0 Å². The van der Waals surface area contributed by atoms with Crippen LogP contribution in [0.1, 0.15) is 10.4 Å². The van der Waals surface area contributed by atoms with E-state index in [4.69, 9.17) is 51.8 Å². The zero-order valence-corrected chi connectivity index (χ0v) is 19.2. The van der Waals surface area contributed by atoms with Crippen LogP contribution in [0.4, 0.5) is 5.69 Å². The average Bonchev–Trinajstić information content (AvgIpc) is 2.61. The molecule has 0 fully saturated rings. The molecule has 0 heterocycles. The molecule has 1 amide bonds. The molecule has 0 saturated carbocycles. The fourth-order valence-corrected chi connectivity index (χ4v) is 2.91. The molecule has 1 atom stereocenters. The average molecular weight is 559 g/mol. The molecule has 27 heavy (non-hydrogen) atoms. The SMILES string of the molecule is COc1ccc(NC(=S)NC(NC(=O)c2ccc(I)cc2)C(Cl)(Cl)Cl)cc1. The first-order valence-electron chi connectivity index (χ1n) is 7.54. The number of alkyl halides is 3. The molecule has 2 aromatic carbocycles. The first-order valence-corrected chi connectivity index (χ1v) is 10.2. The molecule has 0 radical (unpaired) electrons. The Labute approximate surface area is 191 Å². The molecular weight excluding hydrogens is 544 g/mol. The molecule has 0 spiro atoms. The Morgan fingerprint density at radius 3 is 2.19 bits per heavy atom. The van der Waals surface area contributed by atoms with E-state index in [-0.39, 0.29) is 5.11 Å². The number of carbonyl (C=O) groups is 1. The Kier molecular flexibility index (Phi) is 8.23. The molecule has 2 rings (SSSR count). The first-order chi connectivity index (χ1) is 12.7. The first kappa shape index (κ1) is 22.3. The van der Waals surface area contributed by atoms with Gasteiger partial charge >= 0.3 is 0 Å². The summed E-state index contributed by atoms with van der Waals surface area (Å²) in [6, 6.07) is 14.1. The molecule has 3 N–H and O–H groups in total. The van der Waals surface area contributed by atoms with Gasteiger partial charge in [0.15, 0.2) is 5.11 Å². The molecule has 0 saturated heterocycles. The lowest BCUT2D eigenvalue weighted by Crippen LogP contribution is -2.56. The van der Waals surface area contributed by atoms with Gasteiger partial charge < -0.3 is 20.7 Å². The maximum absolute atomic E-state index is 12.4. The minimum Gasteiger partial charge on any atom is -0.497 e. The second-order valence-electron chi connectivity index (χ2n) is 5.28. The van der Waals surface area contributed by atoms with Gasteiger partial charge in [0.05, 0.1) is 7.11 Å². The molecule has 0 aliphatic heterocycles. The number of ether oxygens (including phenoxy) is 1. The highest BCUT2D eigenvalue weighted by atomic mass is 127. The third kappa shape index (κ3) is 7.15. The minimum absolute atomic E-state index is 0.180. The maximum atomic E-state index is 12.4. The molecule has 0 aliphatic rings. The van der Waals surface area contributed by atoms with Crippen LogP contribution >= 0.6 is 69.6 Å². The second-order valence-corrected chi connectivity index (χ2v) is 9.30. The van der Waals surface area contributed by atoms with Gasteiger partial charge in [0.2, 0.25) is 3.79 Å². The van der Waals surface area contributed by atoms with Crippen LogP contribution in [0.25, 0.3) is 0 Å². The lowest BCUT2D eigenvalue weighted by Gasteiger charge is -2.27. The molecule has 1 unspecified atom stereocenters. The number of halogens is 4. The fourth-order valence-electron chi connectivity index (χ4n) is 1.99. The predicted octanol–water partition coefficient (Wildman–Crippen LogP) is 4.71. The smallest absolute Gasteiger partial charge is 0.252 e. The van der Waals surface area contributed by atoms with Crippen molar-refractivity contribution < 1.29 is 9.53 Å². The third-order valence-corrected chi connectivity index (χ3v) is 4.93. The van der Waals surface area contributed by atoms with Gasteiger partial charge in [0.1, 0.15) is 11.9 Å². The predicted molar refractivity (Wildman–Crippen MR) is 123 cm³/mol. The molecule has 5 nitrogen and oxygen atoms in total. The van der Waals surface area contributed by atoms with Crippen molar-refractivity contribution in [1.82, 2.24) is 10.6 Å². The Balaban J connectivity index is 2.03. The van der Waals surface area contributed by atoms with Crippen LogP contribution < -0.4 is 20.7 Å². The topological polar surface area (TPSA) is 62.4 Å². The van der Waals surface area contributed by atoms with Crippen LogP contribution in [0.5, 0.6) is 5.75 Å². The molecule has 0 bridgehead atoms. The molecule has 0 aliphatic carbocycles. The molecule has 144 valence electrons. The lowest BCUT2D eigenvalue weighted by molar-refractivity contribution is 0.0934. The Morgan fingerprint density at radius 1 is 1.07 bits per heavy atom. The van der Waals surface area contributed by atoms with Crippen molar-refractivity contribution in [2.75, 3.05) is 12.4 Å². The van der Waals surface area contributed by atoms with Crippen LogP contribution in [0, 0.1) is 3.57 Å². The number of methoxy groups -OCH3 is 1. The molecule has 2 aromatic rings. The van der Waals surface area contributed by atoms with Crippen molar-refractivity contribution in [3.05, 3.63) is 57.7 Å². The third-order valence-electron chi connectivity index (χ3n) is 3.33. The summed E-state index contributed by atoms with van der Waals surface area (Å²) in [5, 5.41) is 8.57. The highest BCUT2D eigenvalue weighted by Gasteiger charge is 2.34. The Bertz CT molecular complexity index is 799. The molecule has 0 aromatic heterocycles. The van der Waals surface area contributed by atoms with Gasteiger partial charge in [0.25, 0.3) is 5.91 Å². The largest absolute Gasteiger partial charge is 0.497 e. The van der Waals surface area contributed by atoms with E-state index in [0.29, 0.717) is 17.0 Å². The summed E-state index contributed by atoms with van der Waals surface area (Å²) in [6.07, 6.45) is -1.05. The van der Waals surface area contributed by atoms with Gasteiger partial charge in [-0.05, 0) is 83.3 Å². The monoisotopic (exact) mass is 557 g/mol. The van der Waals surface area contributed by atoms with Crippen LogP contribution in [-0.2, 0) is 0 Å². The van der Waals surface area contributed by atoms with E-state index in [9.17, 15) is 4.79 Å². The highest BCUT2D eigenvalue weighted by Crippen LogP contribution is 2.29. The number of benzene rings is 2. The molecular formula is C17H15Cl3IN3O2S. The number of thiocarbonyl (C=S) groups is 1. The summed E-state index contributed by atoms with van der Waals surface area (Å²) >= 11 is 25.4. The van der Waals surface area contributed by atoms with Crippen LogP contribution in [0.15, 0.2) is 48.5 Å². The van der Waals surface area contributed by atoms with Gasteiger partial charge in [-0.3, -0.25) is 4.79 Å². The molecule has 10 heteroatoms. The van der Waals surface area contributed by atoms with Crippen molar-refractivity contribution >= 4 is 86.3 Å². The standard InChI is InChI=1S/C17H15Cl3IN3O2S/c1-26-13-8-6-12(7-9-13)22-16(27)24-15(17(18,19)20)23-14(25)10-2-4-11(21)5-3-10/h2-9,15H,1H3,(H,23,25)(H2,22,24,27). The van der Waals surface area contributed by atoms with Crippen molar-refractivity contribution in [1.29, 1.82) is 0 Å². The zero-order valence-electron chi connectivity index (χ0n) is 13.9. The fraction of sp³-hybridized carbons (Fsp3) is 0.176. The van der Waals surface area contributed by atoms with E-state index in [0.717, 1.165) is 3.57 Å². The van der Waals surface area contributed by atoms with Gasteiger partial charge in [-0.2, -0.15) is 0 Å². The van der Waals surface area contributed by atoms with Crippen LogP contribution in [-0.4, -0.2) is 28.1 Å². The normalized spacial score (nSPS) is 12.0. The number of nitrogens with one attached hydrogen (secondary N) is 3. The summed E-state index contributed by atoms with van der Waals surface area (Å²) in [5.41, 5.74) is 1.14. The van der Waals surface area contributed by atoms with Gasteiger partial charge in [-0.1, -0.05) is 34.8 Å². The van der Waals surface area contributed by atoms with Gasteiger partial charge in [-0.15, -0.1) is 0 Å². The Hall–Kier alpha value is -1.000. The number of hydrogen-bond donors (Lipinski definition) is 3. The summed E-state index contributed by atoms with van der Waals surface area (Å²) < 4.78 is 4.28. The van der Waals surface area contributed by atoms with E-state index >= 15 is 0 Å². The number of anilines is 1. The summed E-state index contributed by atoms with van der Waals surface area (Å²) in [7, 11) is 1.58. The van der Waals surface area contributed by atoms with E-state index in [1.54, 1.807) is 43.5 Å². The van der Waals surface area contributed by atoms with Crippen molar-refractivity contribution in [3.8, 4) is 5.75 Å². The van der Waals surface area contributed by atoms with E-state index in [1.807, 2.05) is 12.1 Å². The summed E-state index contributed by atoms with van der Waals surface area (Å²) in [6.45, 7) is 0. The number of amides is 1. The second kappa shape index (κ2) is 9.97. The van der Waals surface area contributed by atoms with Gasteiger partial charge in [0, 0.05) is 14.8 Å². The zero-order chi connectivity index (χ0) is 20.0. The van der Waals surface area contributed by atoms with Crippen LogP contribution in [0.2, 0.25) is 0 Å². The number of hydrogen-bond acceptors (Lipinski definition) is 3. The Morgan fingerprint density at radius 2 is 1.67 bits per heavy atom. The van der Waals surface area contributed by atoms with Crippen molar-refractivity contribution in [2.45, 2.75) is 9.96 Å². The summed E-state index contributed by atoms with van der Waals surface area (Å²) in [5.74, 6) is 0.311. The van der Waals surface area contributed by atoms with E-state index < -0.39 is 15.9 Å². The minimum atomic E-state index is -1.83. The number of rotatable bonds is 5. The summed E-state index contributed by atoms with van der Waals surface area (Å²) in [4.78, 5) is 12.4. The van der Waals surface area contributed by atoms with E-state index in [2.05, 4.69) is 38.5 Å².